The van der Waals surface area contributed by atoms with Gasteiger partial charge in [0, 0.05) is 22.7 Å². The van der Waals surface area contributed by atoms with Crippen molar-refractivity contribution in [3.63, 3.8) is 0 Å². The summed E-state index contributed by atoms with van der Waals surface area (Å²) in [6, 6.07) is 9.13. The second-order valence-corrected chi connectivity index (χ2v) is 8.61. The molecule has 150 valence electrons. The quantitative estimate of drug-likeness (QED) is 0.450. The van der Waals surface area contributed by atoms with Crippen LogP contribution < -0.4 is 5.32 Å². The summed E-state index contributed by atoms with van der Waals surface area (Å²) in [6.45, 7) is 11.0. The van der Waals surface area contributed by atoms with E-state index in [4.69, 9.17) is 4.74 Å². The highest BCUT2D eigenvalue weighted by atomic mass is 32.2. The minimum absolute atomic E-state index is 0.323. The zero-order valence-corrected chi connectivity index (χ0v) is 18.0. The van der Waals surface area contributed by atoms with Gasteiger partial charge in [-0.1, -0.05) is 30.0 Å². The second kappa shape index (κ2) is 9.19. The first-order valence-electron chi connectivity index (χ1n) is 9.11. The minimum atomic E-state index is -0.879. The number of aryl methyl sites for hydroxylation is 2. The molecule has 1 N–H and O–H groups in total. The summed E-state index contributed by atoms with van der Waals surface area (Å²) in [6.07, 6.45) is -0.879. The Bertz CT molecular complexity index is 842. The topological polar surface area (TPSA) is 81.2 Å². The number of aromatic nitrogens is 2. The van der Waals surface area contributed by atoms with Crippen LogP contribution in [0, 0.1) is 13.8 Å². The van der Waals surface area contributed by atoms with E-state index in [1.54, 1.807) is 19.1 Å². The summed E-state index contributed by atoms with van der Waals surface area (Å²) in [5.74, 6) is -0.318. The van der Waals surface area contributed by atoms with Crippen molar-refractivity contribution in [2.24, 2.45) is 0 Å². The van der Waals surface area contributed by atoms with Crippen LogP contribution in [0.4, 0.5) is 0 Å². The van der Waals surface area contributed by atoms with Gasteiger partial charge in [0.15, 0.2) is 11.3 Å². The Kier molecular flexibility index (Phi) is 7.18. The van der Waals surface area contributed by atoms with Crippen LogP contribution >= 0.6 is 11.8 Å². The number of amides is 1. The van der Waals surface area contributed by atoms with Crippen LogP contribution in [-0.2, 0) is 15.3 Å². The summed E-state index contributed by atoms with van der Waals surface area (Å²) in [5, 5.41) is 3.48. The summed E-state index contributed by atoms with van der Waals surface area (Å²) < 4.78 is 5.38. The molecule has 0 unspecified atom stereocenters. The van der Waals surface area contributed by atoms with E-state index in [1.807, 2.05) is 52.8 Å². The predicted octanol–water partition coefficient (Wildman–Crippen LogP) is 3.85. The van der Waals surface area contributed by atoms with Gasteiger partial charge in [-0.3, -0.25) is 4.79 Å². The van der Waals surface area contributed by atoms with Crippen LogP contribution in [0.15, 0.2) is 35.5 Å². The van der Waals surface area contributed by atoms with E-state index in [0.717, 1.165) is 17.0 Å². The van der Waals surface area contributed by atoms with Gasteiger partial charge in [-0.2, -0.15) is 0 Å². The highest BCUT2D eigenvalue weighted by molar-refractivity contribution is 7.98. The molecule has 0 aliphatic heterocycles. The number of carbonyl (C=O) groups is 2. The molecule has 0 spiro atoms. The zero-order chi connectivity index (χ0) is 20.9. The fourth-order valence-corrected chi connectivity index (χ4v) is 3.45. The molecule has 7 heteroatoms. The molecule has 0 fully saturated rings. The number of ether oxygens (including phenoxy) is 1. The molecule has 0 aliphatic rings. The van der Waals surface area contributed by atoms with Gasteiger partial charge in [0.25, 0.3) is 5.91 Å². The highest BCUT2D eigenvalue weighted by Gasteiger charge is 2.24. The number of carbonyl (C=O) groups excluding carboxylic acids is 2. The van der Waals surface area contributed by atoms with Crippen LogP contribution in [0.2, 0.25) is 0 Å². The number of hydrogen-bond acceptors (Lipinski definition) is 6. The lowest BCUT2D eigenvalue weighted by Crippen LogP contribution is -2.46. The Labute approximate surface area is 170 Å². The Hall–Kier alpha value is -2.41. The molecule has 0 radical (unpaired) electrons. The first-order valence-corrected chi connectivity index (χ1v) is 10.1. The number of esters is 1. The van der Waals surface area contributed by atoms with Crippen molar-refractivity contribution in [3.05, 3.63) is 52.8 Å². The van der Waals surface area contributed by atoms with E-state index in [-0.39, 0.29) is 5.91 Å². The molecule has 6 nitrogen and oxygen atoms in total. The molecule has 28 heavy (non-hydrogen) atoms. The lowest BCUT2D eigenvalue weighted by molar-refractivity contribution is -0.130. The van der Waals surface area contributed by atoms with Crippen LogP contribution in [-0.4, -0.2) is 33.5 Å². The molecule has 1 aromatic heterocycles. The lowest BCUT2D eigenvalue weighted by atomic mass is 10.1. The number of nitrogens with zero attached hydrogens (tertiary/aromatic N) is 2. The maximum atomic E-state index is 12.6. The van der Waals surface area contributed by atoms with Gasteiger partial charge in [-0.05, 0) is 59.2 Å². The Morgan fingerprint density at radius 1 is 1.14 bits per heavy atom. The number of nitrogens with one attached hydrogen (secondary N) is 1. The van der Waals surface area contributed by atoms with E-state index < -0.39 is 17.6 Å². The fourth-order valence-electron chi connectivity index (χ4n) is 2.49. The summed E-state index contributed by atoms with van der Waals surface area (Å²) >= 11 is 1.46. The van der Waals surface area contributed by atoms with E-state index in [0.29, 0.717) is 16.5 Å². The normalized spacial score (nSPS) is 12.4. The summed E-state index contributed by atoms with van der Waals surface area (Å²) in [5.41, 5.74) is 2.67. The largest absolute Gasteiger partial charge is 0.449 e. The van der Waals surface area contributed by atoms with Crippen molar-refractivity contribution in [2.75, 3.05) is 0 Å². The van der Waals surface area contributed by atoms with Gasteiger partial charge in [0.2, 0.25) is 0 Å². The van der Waals surface area contributed by atoms with Crippen molar-refractivity contribution in [2.45, 2.75) is 64.1 Å². The number of rotatable bonds is 6. The molecule has 1 atom stereocenters. The molecule has 0 saturated carbocycles. The number of thioether (sulfide) groups is 1. The maximum absolute atomic E-state index is 12.6. The van der Waals surface area contributed by atoms with Crippen molar-refractivity contribution >= 4 is 23.6 Å². The third-order valence-electron chi connectivity index (χ3n) is 3.71. The smallest absolute Gasteiger partial charge is 0.339 e. The minimum Gasteiger partial charge on any atom is -0.449 e. The second-order valence-electron chi connectivity index (χ2n) is 7.67. The van der Waals surface area contributed by atoms with E-state index in [1.165, 1.54) is 11.8 Å². The van der Waals surface area contributed by atoms with Crippen molar-refractivity contribution in [1.82, 2.24) is 15.3 Å². The molecule has 0 bridgehead atoms. The van der Waals surface area contributed by atoms with Gasteiger partial charge < -0.3 is 10.1 Å². The molecular weight excluding hydrogens is 374 g/mol. The van der Waals surface area contributed by atoms with Crippen LogP contribution in [0.5, 0.6) is 0 Å². The van der Waals surface area contributed by atoms with Gasteiger partial charge in [-0.25, -0.2) is 14.8 Å². The zero-order valence-electron chi connectivity index (χ0n) is 17.2. The van der Waals surface area contributed by atoms with Crippen molar-refractivity contribution < 1.29 is 14.3 Å². The third-order valence-corrected chi connectivity index (χ3v) is 4.60. The number of benzene rings is 1. The first-order chi connectivity index (χ1) is 13.0. The molecule has 1 amide bonds. The molecular formula is C21H27N3O3S. The molecule has 1 heterocycles. The summed E-state index contributed by atoms with van der Waals surface area (Å²) in [4.78, 5) is 33.6. The maximum Gasteiger partial charge on any atom is 0.339 e. The van der Waals surface area contributed by atoms with E-state index in [9.17, 15) is 9.59 Å². The van der Waals surface area contributed by atoms with Crippen LogP contribution in [0.25, 0.3) is 0 Å². The Morgan fingerprint density at radius 2 is 1.75 bits per heavy atom. The average molecular weight is 402 g/mol. The Balaban J connectivity index is 2.08. The molecule has 1 aromatic carbocycles. The standard InChI is InChI=1S/C21H27N3O3S/c1-13-11-14(2)23-20(22-13)28-12-16-9-7-8-10-17(16)19(26)27-15(3)18(25)24-21(4,5)6/h7-11,15H,12H2,1-6H3,(H,24,25)/t15-/m1/s1. The molecule has 2 rings (SSSR count). The van der Waals surface area contributed by atoms with E-state index in [2.05, 4.69) is 15.3 Å². The van der Waals surface area contributed by atoms with Gasteiger partial charge in [0.05, 0.1) is 5.56 Å². The highest BCUT2D eigenvalue weighted by Crippen LogP contribution is 2.23. The summed E-state index contributed by atoms with van der Waals surface area (Å²) in [7, 11) is 0. The van der Waals surface area contributed by atoms with Gasteiger partial charge >= 0.3 is 5.97 Å². The Morgan fingerprint density at radius 3 is 2.36 bits per heavy atom. The molecule has 2 aromatic rings. The SMILES string of the molecule is Cc1cc(C)nc(SCc2ccccc2C(=O)O[C@H](C)C(=O)NC(C)(C)C)n1. The average Bonchev–Trinajstić information content (AvgIpc) is 2.57. The predicted molar refractivity (Wildman–Crippen MR) is 110 cm³/mol. The van der Waals surface area contributed by atoms with Crippen LogP contribution in [0.1, 0.15) is 55.0 Å². The van der Waals surface area contributed by atoms with Gasteiger partial charge in [0.1, 0.15) is 0 Å². The first kappa shape index (κ1) is 21.9. The van der Waals surface area contributed by atoms with Crippen molar-refractivity contribution in [1.29, 1.82) is 0 Å². The fraction of sp³-hybridized carbons (Fsp3) is 0.429. The number of hydrogen-bond donors (Lipinski definition) is 1. The third kappa shape index (κ3) is 6.64. The van der Waals surface area contributed by atoms with Crippen LogP contribution in [0.3, 0.4) is 0 Å². The molecule has 0 aliphatic carbocycles. The van der Waals surface area contributed by atoms with Gasteiger partial charge in [-0.15, -0.1) is 0 Å². The van der Waals surface area contributed by atoms with Crippen molar-refractivity contribution in [3.8, 4) is 0 Å². The lowest BCUT2D eigenvalue weighted by Gasteiger charge is -2.23. The molecule has 0 saturated heterocycles. The monoisotopic (exact) mass is 401 g/mol. The van der Waals surface area contributed by atoms with E-state index >= 15 is 0 Å².